The van der Waals surface area contributed by atoms with Gasteiger partial charge in [0.15, 0.2) is 0 Å². The first kappa shape index (κ1) is 17.1. The fourth-order valence-corrected chi connectivity index (χ4v) is 3.19. The Morgan fingerprint density at radius 1 is 1.41 bits per heavy atom. The van der Waals surface area contributed by atoms with E-state index in [1.165, 1.54) is 0 Å². The van der Waals surface area contributed by atoms with Crippen molar-refractivity contribution in [2.75, 3.05) is 19.0 Å². The smallest absolute Gasteiger partial charge is 0.256 e. The zero-order chi connectivity index (χ0) is 16.2. The summed E-state index contributed by atoms with van der Waals surface area (Å²) in [6, 6.07) is 5.23. The van der Waals surface area contributed by atoms with Crippen molar-refractivity contribution in [1.29, 1.82) is 0 Å². The van der Waals surface area contributed by atoms with Gasteiger partial charge in [0.1, 0.15) is 11.4 Å². The SMILES string of the molecule is CCOC1(C(=O)Nc2ccc(OC)c(Cl)c2)CCC(C)CC1. The lowest BCUT2D eigenvalue weighted by molar-refractivity contribution is -0.146. The van der Waals surface area contributed by atoms with Crippen molar-refractivity contribution in [3.63, 3.8) is 0 Å². The quantitative estimate of drug-likeness (QED) is 0.879. The van der Waals surface area contributed by atoms with E-state index in [0.717, 1.165) is 25.7 Å². The number of rotatable bonds is 5. The minimum Gasteiger partial charge on any atom is -0.495 e. The summed E-state index contributed by atoms with van der Waals surface area (Å²) in [4.78, 5) is 12.7. The number of carbonyl (C=O) groups is 1. The van der Waals surface area contributed by atoms with Crippen molar-refractivity contribution < 1.29 is 14.3 Å². The van der Waals surface area contributed by atoms with E-state index in [9.17, 15) is 4.79 Å². The fourth-order valence-electron chi connectivity index (χ4n) is 2.93. The third-order valence-electron chi connectivity index (χ3n) is 4.33. The van der Waals surface area contributed by atoms with E-state index in [-0.39, 0.29) is 5.91 Å². The minimum absolute atomic E-state index is 0.0810. The van der Waals surface area contributed by atoms with Crippen molar-refractivity contribution in [3.05, 3.63) is 23.2 Å². The number of hydrogen-bond acceptors (Lipinski definition) is 3. The lowest BCUT2D eigenvalue weighted by Crippen LogP contribution is -2.48. The van der Waals surface area contributed by atoms with Gasteiger partial charge in [-0.3, -0.25) is 4.79 Å². The molecule has 0 heterocycles. The molecule has 0 unspecified atom stereocenters. The molecule has 1 fully saturated rings. The maximum absolute atomic E-state index is 12.7. The van der Waals surface area contributed by atoms with Crippen LogP contribution in [-0.2, 0) is 9.53 Å². The Morgan fingerprint density at radius 2 is 2.09 bits per heavy atom. The molecule has 2 rings (SSSR count). The molecular formula is C17H24ClNO3. The monoisotopic (exact) mass is 325 g/mol. The molecule has 1 aromatic rings. The number of anilines is 1. The highest BCUT2D eigenvalue weighted by molar-refractivity contribution is 6.32. The molecule has 0 aliphatic heterocycles. The van der Waals surface area contributed by atoms with E-state index < -0.39 is 5.60 Å². The molecule has 1 aliphatic rings. The summed E-state index contributed by atoms with van der Waals surface area (Å²) in [5.74, 6) is 1.16. The topological polar surface area (TPSA) is 47.6 Å². The number of carbonyl (C=O) groups excluding carboxylic acids is 1. The molecule has 1 aliphatic carbocycles. The second-order valence-corrected chi connectivity index (χ2v) is 6.32. The zero-order valence-electron chi connectivity index (χ0n) is 13.4. The van der Waals surface area contributed by atoms with Gasteiger partial charge in [-0.25, -0.2) is 0 Å². The van der Waals surface area contributed by atoms with Gasteiger partial charge in [0.05, 0.1) is 12.1 Å². The van der Waals surface area contributed by atoms with E-state index in [4.69, 9.17) is 21.1 Å². The van der Waals surface area contributed by atoms with Crippen LogP contribution in [0.4, 0.5) is 5.69 Å². The average molecular weight is 326 g/mol. The molecule has 5 heteroatoms. The molecule has 0 spiro atoms. The van der Waals surface area contributed by atoms with Crippen LogP contribution in [0.5, 0.6) is 5.75 Å². The molecule has 1 aromatic carbocycles. The van der Waals surface area contributed by atoms with Crippen LogP contribution in [-0.4, -0.2) is 25.2 Å². The summed E-state index contributed by atoms with van der Waals surface area (Å²) in [5.41, 5.74) is -0.0540. The molecule has 0 atom stereocenters. The molecule has 22 heavy (non-hydrogen) atoms. The molecule has 4 nitrogen and oxygen atoms in total. The number of hydrogen-bond donors (Lipinski definition) is 1. The first-order valence-corrected chi connectivity index (χ1v) is 8.17. The minimum atomic E-state index is -0.715. The molecule has 0 bridgehead atoms. The molecule has 1 saturated carbocycles. The number of benzene rings is 1. The fraction of sp³-hybridized carbons (Fsp3) is 0.588. The van der Waals surface area contributed by atoms with Crippen molar-refractivity contribution in [3.8, 4) is 5.75 Å². The number of ether oxygens (including phenoxy) is 2. The number of methoxy groups -OCH3 is 1. The Hall–Kier alpha value is -1.26. The average Bonchev–Trinajstić information content (AvgIpc) is 2.50. The highest BCUT2D eigenvalue weighted by atomic mass is 35.5. The summed E-state index contributed by atoms with van der Waals surface area (Å²) in [6.07, 6.45) is 3.54. The van der Waals surface area contributed by atoms with Crippen LogP contribution in [0.3, 0.4) is 0 Å². The van der Waals surface area contributed by atoms with Crippen molar-refractivity contribution >= 4 is 23.2 Å². The maximum atomic E-state index is 12.7. The van der Waals surface area contributed by atoms with Gasteiger partial charge in [0.2, 0.25) is 0 Å². The number of nitrogens with one attached hydrogen (secondary N) is 1. The molecule has 0 aromatic heterocycles. The first-order valence-electron chi connectivity index (χ1n) is 7.79. The lowest BCUT2D eigenvalue weighted by Gasteiger charge is -2.37. The summed E-state index contributed by atoms with van der Waals surface area (Å²) in [5, 5.41) is 3.42. The van der Waals surface area contributed by atoms with Gasteiger partial charge in [-0.15, -0.1) is 0 Å². The Bertz CT molecular complexity index is 525. The Balaban J connectivity index is 2.13. The number of amides is 1. The Labute approximate surface area is 137 Å². The first-order chi connectivity index (χ1) is 10.5. The second kappa shape index (κ2) is 7.34. The highest BCUT2D eigenvalue weighted by Gasteiger charge is 2.41. The summed E-state index contributed by atoms with van der Waals surface area (Å²) >= 11 is 6.11. The molecule has 1 N–H and O–H groups in total. The highest BCUT2D eigenvalue weighted by Crippen LogP contribution is 2.36. The standard InChI is InChI=1S/C17H24ClNO3/c1-4-22-17(9-7-12(2)8-10-17)16(20)19-13-5-6-15(21-3)14(18)11-13/h5-6,11-12H,4,7-10H2,1-3H3,(H,19,20). The summed E-state index contributed by atoms with van der Waals surface area (Å²) < 4.78 is 11.0. The van der Waals surface area contributed by atoms with Crippen LogP contribution in [0.2, 0.25) is 5.02 Å². The van der Waals surface area contributed by atoms with Crippen LogP contribution in [0.15, 0.2) is 18.2 Å². The van der Waals surface area contributed by atoms with E-state index in [0.29, 0.717) is 29.0 Å². The van der Waals surface area contributed by atoms with Crippen LogP contribution in [0, 0.1) is 5.92 Å². The maximum Gasteiger partial charge on any atom is 0.256 e. The molecule has 1 amide bonds. The normalized spacial score (nSPS) is 24.8. The Kier molecular flexibility index (Phi) is 5.70. The predicted octanol–water partition coefficient (Wildman–Crippen LogP) is 4.27. The predicted molar refractivity (Wildman–Crippen MR) is 88.6 cm³/mol. The third kappa shape index (κ3) is 3.73. The molecule has 0 saturated heterocycles. The second-order valence-electron chi connectivity index (χ2n) is 5.91. The van der Waals surface area contributed by atoms with Gasteiger partial charge >= 0.3 is 0 Å². The van der Waals surface area contributed by atoms with E-state index in [1.54, 1.807) is 25.3 Å². The van der Waals surface area contributed by atoms with Crippen LogP contribution in [0.25, 0.3) is 0 Å². The summed E-state index contributed by atoms with van der Waals surface area (Å²) in [6.45, 7) is 4.68. The van der Waals surface area contributed by atoms with E-state index >= 15 is 0 Å². The van der Waals surface area contributed by atoms with Gasteiger partial charge in [-0.2, -0.15) is 0 Å². The van der Waals surface area contributed by atoms with E-state index in [1.807, 2.05) is 6.92 Å². The lowest BCUT2D eigenvalue weighted by atomic mass is 9.78. The molecule has 0 radical (unpaired) electrons. The molecular weight excluding hydrogens is 302 g/mol. The van der Waals surface area contributed by atoms with E-state index in [2.05, 4.69) is 12.2 Å². The van der Waals surface area contributed by atoms with Gasteiger partial charge in [0.25, 0.3) is 5.91 Å². The number of halogens is 1. The zero-order valence-corrected chi connectivity index (χ0v) is 14.2. The van der Waals surface area contributed by atoms with Crippen molar-refractivity contribution in [2.24, 2.45) is 5.92 Å². The van der Waals surface area contributed by atoms with Gasteiger partial charge < -0.3 is 14.8 Å². The van der Waals surface area contributed by atoms with Gasteiger partial charge in [0, 0.05) is 12.3 Å². The van der Waals surface area contributed by atoms with Gasteiger partial charge in [-0.1, -0.05) is 18.5 Å². The molecule has 122 valence electrons. The van der Waals surface area contributed by atoms with Gasteiger partial charge in [-0.05, 0) is 56.7 Å². The van der Waals surface area contributed by atoms with Crippen LogP contribution in [0.1, 0.15) is 39.5 Å². The van der Waals surface area contributed by atoms with Crippen molar-refractivity contribution in [2.45, 2.75) is 45.1 Å². The van der Waals surface area contributed by atoms with Crippen LogP contribution < -0.4 is 10.1 Å². The largest absolute Gasteiger partial charge is 0.495 e. The Morgan fingerprint density at radius 3 is 2.64 bits per heavy atom. The van der Waals surface area contributed by atoms with Crippen LogP contribution >= 0.6 is 11.6 Å². The summed E-state index contributed by atoms with van der Waals surface area (Å²) in [7, 11) is 1.56. The van der Waals surface area contributed by atoms with Crippen molar-refractivity contribution in [1.82, 2.24) is 0 Å². The third-order valence-corrected chi connectivity index (χ3v) is 4.62.